The van der Waals surface area contributed by atoms with Crippen molar-refractivity contribution in [2.24, 2.45) is 29.1 Å². The number of para-hydroxylation sites is 1. The van der Waals surface area contributed by atoms with E-state index in [1.807, 2.05) is 19.1 Å². The Kier molecular flexibility index (Phi) is 6.66. The average Bonchev–Trinajstić information content (AvgIpc) is 3.37. The zero-order chi connectivity index (χ0) is 30.9. The molecule has 224 valence electrons. The van der Waals surface area contributed by atoms with Gasteiger partial charge in [-0.25, -0.2) is 4.90 Å². The van der Waals surface area contributed by atoms with Gasteiger partial charge in [0, 0.05) is 17.5 Å². The van der Waals surface area contributed by atoms with E-state index in [-0.39, 0.29) is 53.1 Å². The van der Waals surface area contributed by atoms with Crippen LogP contribution in [0.5, 0.6) is 11.5 Å². The van der Waals surface area contributed by atoms with Crippen LogP contribution in [0, 0.1) is 29.1 Å². The molecule has 4 aliphatic rings. The fourth-order valence-corrected chi connectivity index (χ4v) is 8.41. The molecule has 2 aliphatic heterocycles. The number of hydrogen-bond donors (Lipinski definition) is 2. The van der Waals surface area contributed by atoms with E-state index in [1.165, 1.54) is 21.9 Å². The van der Waals surface area contributed by atoms with Crippen LogP contribution in [0.15, 0.2) is 84.4 Å². The topological polar surface area (TPSA) is 115 Å². The molecule has 1 saturated carbocycles. The molecule has 7 rings (SSSR count). The van der Waals surface area contributed by atoms with Crippen molar-refractivity contribution in [3.05, 3.63) is 101 Å². The molecule has 3 aromatic carbocycles. The summed E-state index contributed by atoms with van der Waals surface area (Å²) < 4.78 is 0. The maximum absolute atomic E-state index is 14.4. The second kappa shape index (κ2) is 10.3. The van der Waals surface area contributed by atoms with E-state index >= 15 is 0 Å². The van der Waals surface area contributed by atoms with Gasteiger partial charge in [0.05, 0.1) is 28.9 Å². The predicted octanol–water partition coefficient (Wildman–Crippen LogP) is 5.22. The number of likely N-dealkylation sites (tertiary alicyclic amines) is 1. The third-order valence-electron chi connectivity index (χ3n) is 10.2. The number of rotatable bonds is 5. The number of phenols is 2. The number of phenolic OH excluding ortho intramolecular Hbond substituents is 2. The number of benzene rings is 3. The number of amides is 4. The van der Waals surface area contributed by atoms with E-state index in [2.05, 4.69) is 0 Å². The van der Waals surface area contributed by atoms with Gasteiger partial charge in [-0.1, -0.05) is 59.6 Å². The molecule has 9 heteroatoms. The summed E-state index contributed by atoms with van der Waals surface area (Å²) >= 11 is 6.74. The lowest BCUT2D eigenvalue weighted by molar-refractivity contribution is -0.140. The number of aromatic hydroxyl groups is 2. The van der Waals surface area contributed by atoms with E-state index in [9.17, 15) is 29.4 Å². The van der Waals surface area contributed by atoms with E-state index in [4.69, 9.17) is 11.6 Å². The number of fused-ring (bicyclic) bond motifs is 4. The van der Waals surface area contributed by atoms with Gasteiger partial charge in [0.1, 0.15) is 11.5 Å². The number of carbonyl (C=O) groups is 4. The lowest BCUT2D eigenvalue weighted by Crippen LogP contribution is -2.49. The summed E-state index contributed by atoms with van der Waals surface area (Å²) in [4.78, 5) is 58.8. The molecular formula is C35H31ClN2O6. The Balaban J connectivity index is 1.29. The van der Waals surface area contributed by atoms with E-state index < -0.39 is 35.0 Å². The summed E-state index contributed by atoms with van der Waals surface area (Å²) in [5.41, 5.74) is 1.62. The molecule has 0 spiro atoms. The smallest absolute Gasteiger partial charge is 0.241 e. The third kappa shape index (κ3) is 4.11. The molecule has 2 aliphatic carbocycles. The molecule has 3 fully saturated rings. The summed E-state index contributed by atoms with van der Waals surface area (Å²) in [6.07, 6.45) is 3.04. The summed E-state index contributed by atoms with van der Waals surface area (Å²) in [5, 5.41) is 20.0. The molecule has 6 unspecified atom stereocenters. The van der Waals surface area contributed by atoms with Crippen LogP contribution >= 0.6 is 11.6 Å². The second-order valence-corrected chi connectivity index (χ2v) is 12.9. The molecule has 0 radical (unpaired) electrons. The van der Waals surface area contributed by atoms with Crippen LogP contribution in [0.4, 0.5) is 5.69 Å². The van der Waals surface area contributed by atoms with Crippen LogP contribution in [-0.4, -0.2) is 45.3 Å². The first-order chi connectivity index (χ1) is 21.1. The fraction of sp³-hybridized carbons (Fsp3) is 0.314. The van der Waals surface area contributed by atoms with Crippen molar-refractivity contribution in [2.75, 3.05) is 11.4 Å². The van der Waals surface area contributed by atoms with Gasteiger partial charge in [-0.05, 0) is 79.6 Å². The highest BCUT2D eigenvalue weighted by atomic mass is 35.5. The quantitative estimate of drug-likeness (QED) is 0.302. The maximum atomic E-state index is 14.4. The monoisotopic (exact) mass is 610 g/mol. The molecule has 2 N–H and O–H groups in total. The molecule has 8 nitrogen and oxygen atoms in total. The number of anilines is 1. The van der Waals surface area contributed by atoms with Crippen LogP contribution in [0.2, 0.25) is 5.02 Å². The summed E-state index contributed by atoms with van der Waals surface area (Å²) in [6, 6.07) is 20.1. The number of carbonyl (C=O) groups excluding carboxylic acids is 4. The molecule has 6 atom stereocenters. The molecule has 44 heavy (non-hydrogen) atoms. The van der Waals surface area contributed by atoms with Gasteiger partial charge in [0.15, 0.2) is 0 Å². The minimum Gasteiger partial charge on any atom is -0.508 e. The Morgan fingerprint density at radius 1 is 0.864 bits per heavy atom. The number of allylic oxidation sites excluding steroid dienone is 2. The molecule has 2 saturated heterocycles. The Morgan fingerprint density at radius 3 is 2.27 bits per heavy atom. The van der Waals surface area contributed by atoms with E-state index in [1.54, 1.807) is 54.6 Å². The number of halogens is 1. The first-order valence-electron chi connectivity index (χ1n) is 14.9. The zero-order valence-electron chi connectivity index (χ0n) is 24.0. The number of imide groups is 2. The van der Waals surface area contributed by atoms with Gasteiger partial charge in [-0.3, -0.25) is 24.1 Å². The number of hydrogen-bond acceptors (Lipinski definition) is 6. The van der Waals surface area contributed by atoms with E-state index in [0.29, 0.717) is 24.1 Å². The lowest BCUT2D eigenvalue weighted by Gasteiger charge is -2.49. The highest BCUT2D eigenvalue weighted by molar-refractivity contribution is 6.32. The van der Waals surface area contributed by atoms with Crippen LogP contribution in [0.1, 0.15) is 36.8 Å². The highest BCUT2D eigenvalue weighted by Gasteiger charge is 2.67. The van der Waals surface area contributed by atoms with Crippen molar-refractivity contribution < 1.29 is 29.4 Å². The maximum Gasteiger partial charge on any atom is 0.241 e. The lowest BCUT2D eigenvalue weighted by atomic mass is 9.51. The highest BCUT2D eigenvalue weighted by Crippen LogP contribution is 2.64. The van der Waals surface area contributed by atoms with Crippen LogP contribution < -0.4 is 4.90 Å². The predicted molar refractivity (Wildman–Crippen MR) is 163 cm³/mol. The van der Waals surface area contributed by atoms with Crippen molar-refractivity contribution in [1.82, 2.24) is 4.90 Å². The Labute approximate surface area is 259 Å². The van der Waals surface area contributed by atoms with Gasteiger partial charge in [0.2, 0.25) is 23.6 Å². The summed E-state index contributed by atoms with van der Waals surface area (Å²) in [7, 11) is 0. The van der Waals surface area contributed by atoms with Crippen LogP contribution in [0.3, 0.4) is 0 Å². The van der Waals surface area contributed by atoms with Gasteiger partial charge in [0.25, 0.3) is 0 Å². The second-order valence-electron chi connectivity index (χ2n) is 12.4. The summed E-state index contributed by atoms with van der Waals surface area (Å²) in [6.45, 7) is 2.02. The van der Waals surface area contributed by atoms with Crippen LogP contribution in [0.25, 0.3) is 0 Å². The van der Waals surface area contributed by atoms with Crippen molar-refractivity contribution in [3.63, 3.8) is 0 Å². The Bertz CT molecular complexity index is 1740. The molecule has 3 aromatic rings. The molecule has 0 aromatic heterocycles. The molecule has 2 heterocycles. The normalized spacial score (nSPS) is 29.4. The fourth-order valence-electron chi connectivity index (χ4n) is 8.12. The van der Waals surface area contributed by atoms with Gasteiger partial charge in [-0.15, -0.1) is 0 Å². The van der Waals surface area contributed by atoms with Crippen LogP contribution in [-0.2, 0) is 25.6 Å². The first kappa shape index (κ1) is 28.3. The first-order valence-corrected chi connectivity index (χ1v) is 15.2. The molecule has 4 amide bonds. The number of nitrogens with zero attached hydrogens (tertiary/aromatic N) is 2. The van der Waals surface area contributed by atoms with Crippen molar-refractivity contribution >= 4 is 40.9 Å². The SMILES string of the molecule is CC12C(=O)N(c3ccccc3)C(=O)C1CC1C(=CCC3C(=O)N(CCc4ccc(O)cc4)C(=O)C31)C2c1ccc(O)cc1Cl. The third-order valence-corrected chi connectivity index (χ3v) is 10.6. The molecular weight excluding hydrogens is 580 g/mol. The van der Waals surface area contributed by atoms with Gasteiger partial charge < -0.3 is 10.2 Å². The Morgan fingerprint density at radius 2 is 1.57 bits per heavy atom. The van der Waals surface area contributed by atoms with Gasteiger partial charge >= 0.3 is 0 Å². The van der Waals surface area contributed by atoms with Crippen molar-refractivity contribution in [3.8, 4) is 11.5 Å². The largest absolute Gasteiger partial charge is 0.508 e. The zero-order valence-corrected chi connectivity index (χ0v) is 24.8. The Hall–Kier alpha value is -4.43. The minimum atomic E-state index is -1.20. The van der Waals surface area contributed by atoms with Crippen molar-refractivity contribution in [1.29, 1.82) is 0 Å². The average molecular weight is 611 g/mol. The van der Waals surface area contributed by atoms with Crippen molar-refractivity contribution in [2.45, 2.75) is 32.1 Å². The minimum absolute atomic E-state index is 0.0222. The molecule has 0 bridgehead atoms. The van der Waals surface area contributed by atoms with Gasteiger partial charge in [-0.2, -0.15) is 0 Å². The summed E-state index contributed by atoms with van der Waals surface area (Å²) in [5.74, 6) is -4.05. The van der Waals surface area contributed by atoms with E-state index in [0.717, 1.165) is 11.1 Å². The standard InChI is InChI=1S/C35H31ClN2O6/c1-35-27(32(42)38(34(35)44)20-5-3-2-4-6-20)18-26-23(30(35)24-12-11-22(40)17-28(24)36)13-14-25-29(26)33(43)37(31(25)41)16-15-19-7-9-21(39)10-8-19/h2-13,17,25-27,29-30,39-40H,14-16,18H2,1H3.